The maximum absolute atomic E-state index is 13.6. The number of nitrogens with one attached hydrogen (secondary N) is 1. The van der Waals surface area contributed by atoms with Crippen LogP contribution in [-0.2, 0) is 27.5 Å². The Morgan fingerprint density at radius 1 is 0.765 bits per heavy atom. The summed E-state index contributed by atoms with van der Waals surface area (Å²) < 4.78 is 35.5. The molecule has 0 aromatic heterocycles. The van der Waals surface area contributed by atoms with Gasteiger partial charge in [-0.1, -0.05) is 36.4 Å². The van der Waals surface area contributed by atoms with Crippen molar-refractivity contribution in [3.8, 4) is 11.5 Å². The van der Waals surface area contributed by atoms with E-state index in [9.17, 15) is 18.0 Å². The van der Waals surface area contributed by atoms with Gasteiger partial charge in [-0.25, -0.2) is 8.42 Å². The van der Waals surface area contributed by atoms with Crippen molar-refractivity contribution in [1.82, 2.24) is 5.32 Å². The molecular formula is C25H23NO6S2. The molecule has 1 atom stereocenters. The van der Waals surface area contributed by atoms with Gasteiger partial charge in [0, 0.05) is 6.42 Å². The zero-order chi connectivity index (χ0) is 24.3. The summed E-state index contributed by atoms with van der Waals surface area (Å²) in [5.74, 6) is 0.435. The molecule has 7 nitrogen and oxygen atoms in total. The van der Waals surface area contributed by atoms with Crippen LogP contribution in [-0.4, -0.2) is 37.9 Å². The monoisotopic (exact) mass is 497 g/mol. The van der Waals surface area contributed by atoms with Gasteiger partial charge in [-0.2, -0.15) is 0 Å². The lowest BCUT2D eigenvalue weighted by atomic mass is 10.0. The zero-order valence-electron chi connectivity index (χ0n) is 18.6. The maximum Gasteiger partial charge on any atom is 0.287 e. The molecule has 1 heterocycles. The van der Waals surface area contributed by atoms with Crippen molar-refractivity contribution in [2.75, 3.05) is 14.2 Å². The van der Waals surface area contributed by atoms with Crippen LogP contribution >= 0.6 is 11.8 Å². The first-order valence-electron chi connectivity index (χ1n) is 10.4. The van der Waals surface area contributed by atoms with Gasteiger partial charge in [-0.3, -0.25) is 14.9 Å². The van der Waals surface area contributed by atoms with Crippen LogP contribution < -0.4 is 14.8 Å². The molecule has 1 unspecified atom stereocenters. The Kier molecular flexibility index (Phi) is 6.67. The molecule has 1 aliphatic rings. The summed E-state index contributed by atoms with van der Waals surface area (Å²) in [6.45, 7) is 0. The lowest BCUT2D eigenvalue weighted by Gasteiger charge is -2.24. The van der Waals surface area contributed by atoms with E-state index in [-0.39, 0.29) is 11.3 Å². The average Bonchev–Trinajstić information content (AvgIpc) is 3.14. The molecule has 0 aliphatic carbocycles. The fraction of sp³-hybridized carbons (Fsp3) is 0.200. The van der Waals surface area contributed by atoms with Gasteiger partial charge in [0.05, 0.1) is 19.1 Å². The molecule has 1 saturated heterocycles. The van der Waals surface area contributed by atoms with E-state index in [2.05, 4.69) is 5.32 Å². The highest BCUT2D eigenvalue weighted by Crippen LogP contribution is 2.43. The summed E-state index contributed by atoms with van der Waals surface area (Å²) in [6, 6.07) is 20.9. The number of methoxy groups -OCH3 is 2. The minimum absolute atomic E-state index is 0.0539. The Labute approximate surface area is 202 Å². The molecule has 1 N–H and O–H groups in total. The van der Waals surface area contributed by atoms with E-state index in [4.69, 9.17) is 9.47 Å². The second kappa shape index (κ2) is 9.52. The van der Waals surface area contributed by atoms with Gasteiger partial charge in [0.2, 0.25) is 13.9 Å². The largest absolute Gasteiger partial charge is 0.497 e. The van der Waals surface area contributed by atoms with E-state index in [1.165, 1.54) is 31.4 Å². The van der Waals surface area contributed by atoms with E-state index in [0.29, 0.717) is 29.5 Å². The third-order valence-electron chi connectivity index (χ3n) is 5.65. The summed E-state index contributed by atoms with van der Waals surface area (Å²) in [5.41, 5.74) is 2.76. The molecule has 0 bridgehead atoms. The normalized spacial score (nSPS) is 17.9. The molecule has 3 aromatic rings. The van der Waals surface area contributed by atoms with Crippen molar-refractivity contribution >= 4 is 32.7 Å². The summed E-state index contributed by atoms with van der Waals surface area (Å²) >= 11 is 0.507. The molecule has 0 saturated carbocycles. The fourth-order valence-corrected chi connectivity index (χ4v) is 7.07. The maximum atomic E-state index is 13.6. The molecule has 176 valence electrons. The molecule has 9 heteroatoms. The molecule has 34 heavy (non-hydrogen) atoms. The molecule has 0 spiro atoms. The molecular weight excluding hydrogens is 474 g/mol. The predicted octanol–water partition coefficient (Wildman–Crippen LogP) is 3.99. The van der Waals surface area contributed by atoms with Crippen LogP contribution in [0.3, 0.4) is 0 Å². The van der Waals surface area contributed by atoms with Crippen LogP contribution in [0.1, 0.15) is 16.7 Å². The molecule has 3 aromatic carbocycles. The van der Waals surface area contributed by atoms with Crippen LogP contribution in [0.25, 0.3) is 0 Å². The number of imide groups is 1. The first-order chi connectivity index (χ1) is 16.3. The average molecular weight is 498 g/mol. The number of amides is 2. The molecule has 1 fully saturated rings. The highest BCUT2D eigenvalue weighted by Gasteiger charge is 2.58. The van der Waals surface area contributed by atoms with E-state index in [1.54, 1.807) is 19.2 Å². The van der Waals surface area contributed by atoms with Crippen molar-refractivity contribution in [1.29, 1.82) is 0 Å². The van der Waals surface area contributed by atoms with E-state index < -0.39 is 25.1 Å². The quantitative estimate of drug-likeness (QED) is 0.502. The van der Waals surface area contributed by atoms with Gasteiger partial charge in [-0.05, 0) is 71.3 Å². The Hall–Kier alpha value is -3.30. The van der Waals surface area contributed by atoms with E-state index in [0.717, 1.165) is 16.9 Å². The number of carbonyl (C=O) groups is 2. The summed E-state index contributed by atoms with van der Waals surface area (Å²) in [4.78, 5) is 24.9. The molecule has 2 amide bonds. The standard InChI is InChI=1S/C25H23NO6S2/c1-31-20-9-7-18(8-10-20)15-17-3-5-19(6-4-17)16-25(23(27)26-24(28)33-25)34(29,30)22-13-11-21(32-2)12-14-22/h3-14H,15-16H2,1-2H3,(H,26,27,28). The minimum Gasteiger partial charge on any atom is -0.497 e. The van der Waals surface area contributed by atoms with Crippen molar-refractivity contribution < 1.29 is 27.5 Å². The van der Waals surface area contributed by atoms with Crippen molar-refractivity contribution in [3.63, 3.8) is 0 Å². The number of hydrogen-bond acceptors (Lipinski definition) is 7. The van der Waals surface area contributed by atoms with Crippen molar-refractivity contribution in [3.05, 3.63) is 89.5 Å². The topological polar surface area (TPSA) is 98.8 Å². The first-order valence-corrected chi connectivity index (χ1v) is 12.7. The summed E-state index contributed by atoms with van der Waals surface area (Å²) in [7, 11) is -1.12. The number of sulfone groups is 1. The molecule has 1 aliphatic heterocycles. The third kappa shape index (κ3) is 4.53. The number of hydrogen-bond donors (Lipinski definition) is 1. The second-order valence-corrected chi connectivity index (χ2v) is 11.5. The number of ether oxygens (including phenoxy) is 2. The van der Waals surface area contributed by atoms with Crippen LogP contribution in [0, 0.1) is 0 Å². The second-order valence-electron chi connectivity index (χ2n) is 7.79. The zero-order valence-corrected chi connectivity index (χ0v) is 20.2. The SMILES string of the molecule is COc1ccc(Cc2ccc(CC3(S(=O)(=O)c4ccc(OC)cc4)SC(=O)NC3=O)cc2)cc1. The van der Waals surface area contributed by atoms with Gasteiger partial charge in [0.1, 0.15) is 11.5 Å². The molecule has 0 radical (unpaired) electrons. The molecule has 4 rings (SSSR count). The van der Waals surface area contributed by atoms with Crippen LogP contribution in [0.5, 0.6) is 11.5 Å². The number of rotatable bonds is 8. The Balaban J connectivity index is 1.61. The van der Waals surface area contributed by atoms with Crippen molar-refractivity contribution in [2.45, 2.75) is 21.8 Å². The lowest BCUT2D eigenvalue weighted by Crippen LogP contribution is -2.45. The highest BCUT2D eigenvalue weighted by molar-refractivity contribution is 8.25. The Morgan fingerprint density at radius 2 is 1.24 bits per heavy atom. The van der Waals surface area contributed by atoms with E-state index in [1.807, 2.05) is 36.4 Å². The Bertz CT molecular complexity index is 1300. The number of thioether (sulfide) groups is 1. The van der Waals surface area contributed by atoms with Crippen LogP contribution in [0.15, 0.2) is 77.7 Å². The number of carbonyl (C=O) groups excluding carboxylic acids is 2. The third-order valence-corrected chi connectivity index (χ3v) is 9.60. The van der Waals surface area contributed by atoms with Gasteiger partial charge >= 0.3 is 0 Å². The van der Waals surface area contributed by atoms with Gasteiger partial charge in [0.25, 0.3) is 11.1 Å². The Morgan fingerprint density at radius 3 is 1.71 bits per heavy atom. The van der Waals surface area contributed by atoms with Gasteiger partial charge in [-0.15, -0.1) is 0 Å². The van der Waals surface area contributed by atoms with Crippen LogP contribution in [0.4, 0.5) is 4.79 Å². The lowest BCUT2D eigenvalue weighted by molar-refractivity contribution is -0.119. The summed E-state index contributed by atoms with van der Waals surface area (Å²) in [6.07, 6.45) is 0.541. The predicted molar refractivity (Wildman–Crippen MR) is 130 cm³/mol. The smallest absolute Gasteiger partial charge is 0.287 e. The first kappa shape index (κ1) is 23.8. The van der Waals surface area contributed by atoms with Crippen molar-refractivity contribution in [2.24, 2.45) is 0 Å². The minimum atomic E-state index is -4.21. The van der Waals surface area contributed by atoms with Crippen LogP contribution in [0.2, 0.25) is 0 Å². The van der Waals surface area contributed by atoms with Gasteiger partial charge < -0.3 is 9.47 Å². The number of benzene rings is 3. The fourth-order valence-electron chi connectivity index (χ4n) is 3.77. The summed E-state index contributed by atoms with van der Waals surface area (Å²) in [5, 5.41) is 1.47. The van der Waals surface area contributed by atoms with Gasteiger partial charge in [0.15, 0.2) is 0 Å². The van der Waals surface area contributed by atoms with E-state index >= 15 is 0 Å². The highest BCUT2D eigenvalue weighted by atomic mass is 32.3.